The van der Waals surface area contributed by atoms with Gasteiger partial charge in [-0.3, -0.25) is 0 Å². The quantitative estimate of drug-likeness (QED) is 0.692. The highest BCUT2D eigenvalue weighted by Gasteiger charge is 2.08. The molecule has 0 radical (unpaired) electrons. The van der Waals surface area contributed by atoms with Crippen LogP contribution in [0.25, 0.3) is 5.65 Å². The van der Waals surface area contributed by atoms with Gasteiger partial charge in [0.25, 0.3) is 0 Å². The molecule has 2 aromatic rings. The lowest BCUT2D eigenvalue weighted by atomic mass is 10.2. The van der Waals surface area contributed by atoms with E-state index in [1.807, 2.05) is 0 Å². The molecule has 0 aliphatic carbocycles. The summed E-state index contributed by atoms with van der Waals surface area (Å²) in [5.41, 5.74) is 0.821. The zero-order chi connectivity index (χ0) is 11.5. The number of nitrogens with zero attached hydrogens (tertiary/aromatic N) is 3. The van der Waals surface area contributed by atoms with Crippen LogP contribution in [0.15, 0.2) is 17.2 Å². The van der Waals surface area contributed by atoms with Gasteiger partial charge in [0.2, 0.25) is 0 Å². The van der Waals surface area contributed by atoms with E-state index in [0.29, 0.717) is 17.8 Å². The molecule has 0 fully saturated rings. The Bertz CT molecular complexity index is 533. The molecule has 7 nitrogen and oxygen atoms in total. The van der Waals surface area contributed by atoms with Gasteiger partial charge >= 0.3 is 5.69 Å². The van der Waals surface area contributed by atoms with E-state index in [-0.39, 0.29) is 12.3 Å². The number of aromatic amines is 1. The number of rotatable bonds is 4. The molecule has 2 aromatic heterocycles. The molecule has 7 heteroatoms. The Labute approximate surface area is 90.7 Å². The Morgan fingerprint density at radius 2 is 2.50 bits per heavy atom. The number of fused-ring (bicyclic) bond motifs is 1. The molecule has 0 saturated carbocycles. The lowest BCUT2D eigenvalue weighted by Gasteiger charge is -2.07. The number of H-pyrrole nitrogens is 1. The summed E-state index contributed by atoms with van der Waals surface area (Å²) in [6.45, 7) is 0.250. The lowest BCUT2D eigenvalue weighted by Crippen LogP contribution is -2.18. The van der Waals surface area contributed by atoms with Crippen molar-refractivity contribution >= 4 is 5.65 Å². The van der Waals surface area contributed by atoms with E-state index in [9.17, 15) is 9.90 Å². The number of hydrogen-bond donors (Lipinski definition) is 2. The largest absolute Gasteiger partial charge is 0.390 e. The topological polar surface area (TPSA) is 92.5 Å². The number of hydrogen-bond acceptors (Lipinski definition) is 5. The van der Waals surface area contributed by atoms with Gasteiger partial charge in [-0.25, -0.2) is 19.3 Å². The first-order chi connectivity index (χ1) is 7.70. The van der Waals surface area contributed by atoms with E-state index in [1.54, 1.807) is 6.07 Å². The van der Waals surface area contributed by atoms with E-state index in [4.69, 9.17) is 4.74 Å². The minimum absolute atomic E-state index is 0.250. The fraction of sp³-hybridized carbons (Fsp3) is 0.444. The van der Waals surface area contributed by atoms with Crippen LogP contribution in [-0.4, -0.2) is 44.5 Å². The molecule has 2 heterocycles. The van der Waals surface area contributed by atoms with Crippen LogP contribution in [0.3, 0.4) is 0 Å². The second kappa shape index (κ2) is 4.42. The molecule has 1 unspecified atom stereocenters. The van der Waals surface area contributed by atoms with Crippen molar-refractivity contribution in [2.45, 2.75) is 12.5 Å². The maximum atomic E-state index is 11.2. The third-order valence-corrected chi connectivity index (χ3v) is 2.17. The molecule has 0 aliphatic rings. The summed E-state index contributed by atoms with van der Waals surface area (Å²) in [5.74, 6) is 0. The van der Waals surface area contributed by atoms with E-state index in [1.165, 1.54) is 17.8 Å². The maximum absolute atomic E-state index is 11.2. The summed E-state index contributed by atoms with van der Waals surface area (Å²) in [6, 6.07) is 1.65. The first-order valence-electron chi connectivity index (χ1n) is 4.79. The van der Waals surface area contributed by atoms with Crippen LogP contribution in [-0.2, 0) is 11.2 Å². The van der Waals surface area contributed by atoms with Gasteiger partial charge in [-0.2, -0.15) is 5.10 Å². The highest BCUT2D eigenvalue weighted by Crippen LogP contribution is 2.02. The van der Waals surface area contributed by atoms with Crippen LogP contribution < -0.4 is 5.69 Å². The smallest absolute Gasteiger partial charge is 0.348 e. The van der Waals surface area contributed by atoms with Crippen LogP contribution in [0.2, 0.25) is 0 Å². The van der Waals surface area contributed by atoms with Gasteiger partial charge in [-0.1, -0.05) is 0 Å². The molecule has 2 rings (SSSR count). The molecule has 0 saturated heterocycles. The van der Waals surface area contributed by atoms with Gasteiger partial charge < -0.3 is 9.84 Å². The predicted molar refractivity (Wildman–Crippen MR) is 55.2 cm³/mol. The van der Waals surface area contributed by atoms with Gasteiger partial charge in [-0.05, 0) is 0 Å². The maximum Gasteiger partial charge on any atom is 0.348 e. The van der Waals surface area contributed by atoms with Crippen molar-refractivity contribution in [2.75, 3.05) is 13.7 Å². The first-order valence-corrected chi connectivity index (χ1v) is 4.79. The van der Waals surface area contributed by atoms with Crippen molar-refractivity contribution in [3.05, 3.63) is 28.6 Å². The average Bonchev–Trinajstić information content (AvgIpc) is 2.60. The van der Waals surface area contributed by atoms with Crippen LogP contribution in [0, 0.1) is 0 Å². The van der Waals surface area contributed by atoms with E-state index in [0.717, 1.165) is 0 Å². The zero-order valence-electron chi connectivity index (χ0n) is 8.75. The molecule has 0 spiro atoms. The van der Waals surface area contributed by atoms with Crippen molar-refractivity contribution in [1.82, 2.24) is 19.6 Å². The standard InChI is InChI=1S/C9H12N4O3/c1-16-4-7(14)2-6-3-8-11-12-9(15)13(8)5-10-6/h3,5,7,14H,2,4H2,1H3,(H,12,15). The molecule has 16 heavy (non-hydrogen) atoms. The number of aliphatic hydroxyl groups excluding tert-OH is 1. The first kappa shape index (κ1) is 10.8. The fourth-order valence-corrected chi connectivity index (χ4v) is 1.45. The van der Waals surface area contributed by atoms with Crippen LogP contribution in [0.1, 0.15) is 5.69 Å². The minimum Gasteiger partial charge on any atom is -0.390 e. The second-order valence-electron chi connectivity index (χ2n) is 3.45. The van der Waals surface area contributed by atoms with E-state index in [2.05, 4.69) is 15.2 Å². The van der Waals surface area contributed by atoms with Gasteiger partial charge in [0.1, 0.15) is 6.33 Å². The predicted octanol–water partition coefficient (Wildman–Crippen LogP) is -1.03. The Morgan fingerprint density at radius 3 is 3.25 bits per heavy atom. The highest BCUT2D eigenvalue weighted by atomic mass is 16.5. The van der Waals surface area contributed by atoms with Crippen molar-refractivity contribution in [2.24, 2.45) is 0 Å². The average molecular weight is 224 g/mol. The summed E-state index contributed by atoms with van der Waals surface area (Å²) >= 11 is 0. The lowest BCUT2D eigenvalue weighted by molar-refractivity contribution is 0.0644. The van der Waals surface area contributed by atoms with Crippen molar-refractivity contribution < 1.29 is 9.84 Å². The van der Waals surface area contributed by atoms with Gasteiger partial charge in [0.05, 0.1) is 12.7 Å². The second-order valence-corrected chi connectivity index (χ2v) is 3.45. The Morgan fingerprint density at radius 1 is 1.69 bits per heavy atom. The minimum atomic E-state index is -0.606. The highest BCUT2D eigenvalue weighted by molar-refractivity contribution is 5.36. The van der Waals surface area contributed by atoms with Crippen LogP contribution >= 0.6 is 0 Å². The Balaban J connectivity index is 2.23. The van der Waals surface area contributed by atoms with E-state index < -0.39 is 6.10 Å². The van der Waals surface area contributed by atoms with Crippen molar-refractivity contribution in [3.8, 4) is 0 Å². The van der Waals surface area contributed by atoms with Gasteiger partial charge in [0, 0.05) is 25.3 Å². The van der Waals surface area contributed by atoms with E-state index >= 15 is 0 Å². The molecule has 0 amide bonds. The number of aliphatic hydroxyl groups is 1. The summed E-state index contributed by atoms with van der Waals surface area (Å²) in [5, 5.41) is 15.6. The molecular formula is C9H12N4O3. The molecular weight excluding hydrogens is 212 g/mol. The number of ether oxygens (including phenoxy) is 1. The van der Waals surface area contributed by atoms with Gasteiger partial charge in [0.15, 0.2) is 5.65 Å². The summed E-state index contributed by atoms with van der Waals surface area (Å²) in [6.07, 6.45) is 1.15. The Kier molecular flexibility index (Phi) is 2.97. The molecule has 0 aromatic carbocycles. The van der Waals surface area contributed by atoms with Crippen LogP contribution in [0.4, 0.5) is 0 Å². The van der Waals surface area contributed by atoms with Crippen molar-refractivity contribution in [3.63, 3.8) is 0 Å². The molecule has 1 atom stereocenters. The molecule has 2 N–H and O–H groups in total. The Hall–Kier alpha value is -1.73. The normalized spacial score (nSPS) is 13.1. The number of methoxy groups -OCH3 is 1. The summed E-state index contributed by atoms with van der Waals surface area (Å²) < 4.78 is 6.11. The molecule has 86 valence electrons. The third kappa shape index (κ3) is 2.10. The van der Waals surface area contributed by atoms with Gasteiger partial charge in [-0.15, -0.1) is 0 Å². The monoisotopic (exact) mass is 224 g/mol. The fourth-order valence-electron chi connectivity index (χ4n) is 1.45. The summed E-state index contributed by atoms with van der Waals surface area (Å²) in [7, 11) is 1.52. The zero-order valence-corrected chi connectivity index (χ0v) is 8.75. The third-order valence-electron chi connectivity index (χ3n) is 2.17. The summed E-state index contributed by atoms with van der Waals surface area (Å²) in [4.78, 5) is 15.2. The number of aromatic nitrogens is 4. The number of nitrogens with one attached hydrogen (secondary N) is 1. The van der Waals surface area contributed by atoms with Crippen LogP contribution in [0.5, 0.6) is 0 Å². The molecule has 0 aliphatic heterocycles. The molecule has 0 bridgehead atoms. The SMILES string of the molecule is COCC(O)Cc1cc2n[nH]c(=O)n2cn1. The van der Waals surface area contributed by atoms with Crippen molar-refractivity contribution in [1.29, 1.82) is 0 Å².